The van der Waals surface area contributed by atoms with Crippen molar-refractivity contribution in [3.05, 3.63) is 40.3 Å². The first-order valence-corrected chi connectivity index (χ1v) is 6.11. The summed E-state index contributed by atoms with van der Waals surface area (Å²) in [5.41, 5.74) is 0.851. The second-order valence-corrected chi connectivity index (χ2v) is 4.72. The summed E-state index contributed by atoms with van der Waals surface area (Å²) in [6.45, 7) is 2.15. The Morgan fingerprint density at radius 2 is 2.05 bits per heavy atom. The number of anilines is 1. The van der Waals surface area contributed by atoms with E-state index in [9.17, 15) is 13.2 Å². The molecule has 0 aliphatic rings. The molecule has 0 aromatic carbocycles. The quantitative estimate of drug-likeness (QED) is 0.884. The summed E-state index contributed by atoms with van der Waals surface area (Å²) in [7, 11) is 1.77. The van der Waals surface area contributed by atoms with E-state index in [1.54, 1.807) is 17.9 Å². The van der Waals surface area contributed by atoms with Gasteiger partial charge in [-0.25, -0.2) is 4.98 Å². The molecule has 108 valence electrons. The van der Waals surface area contributed by atoms with Gasteiger partial charge in [0.1, 0.15) is 11.0 Å². The molecule has 8 heteroatoms. The van der Waals surface area contributed by atoms with E-state index < -0.39 is 11.7 Å². The Morgan fingerprint density at radius 3 is 2.60 bits per heavy atom. The van der Waals surface area contributed by atoms with Crippen LogP contribution < -0.4 is 5.32 Å². The van der Waals surface area contributed by atoms with Crippen LogP contribution >= 0.6 is 11.6 Å². The molecule has 2 heterocycles. The lowest BCUT2D eigenvalue weighted by Gasteiger charge is -2.10. The average molecular weight is 305 g/mol. The van der Waals surface area contributed by atoms with Crippen LogP contribution in [0.5, 0.6) is 0 Å². The van der Waals surface area contributed by atoms with E-state index >= 15 is 0 Å². The number of aromatic nitrogens is 3. The Balaban J connectivity index is 2.18. The number of nitrogens with zero attached hydrogens (tertiary/aromatic N) is 3. The maximum Gasteiger partial charge on any atom is 0.416 e. The summed E-state index contributed by atoms with van der Waals surface area (Å²) in [4.78, 5) is 3.83. The Hall–Kier alpha value is -1.76. The predicted molar refractivity (Wildman–Crippen MR) is 69.5 cm³/mol. The highest BCUT2D eigenvalue weighted by Gasteiger charge is 2.31. The SMILES string of the molecule is Cc1nn(C)cc1CNc1cc(C(F)(F)F)cc(Cl)n1. The molecule has 0 aliphatic carbocycles. The van der Waals surface area contributed by atoms with Gasteiger partial charge < -0.3 is 5.32 Å². The van der Waals surface area contributed by atoms with Crippen LogP contribution in [0.15, 0.2) is 18.3 Å². The molecule has 2 aromatic heterocycles. The van der Waals surface area contributed by atoms with Gasteiger partial charge in [-0.1, -0.05) is 11.6 Å². The highest BCUT2D eigenvalue weighted by atomic mass is 35.5. The molecule has 20 heavy (non-hydrogen) atoms. The maximum absolute atomic E-state index is 12.7. The molecule has 0 spiro atoms. The lowest BCUT2D eigenvalue weighted by atomic mass is 10.2. The molecule has 0 saturated heterocycles. The zero-order chi connectivity index (χ0) is 14.9. The molecule has 0 radical (unpaired) electrons. The van der Waals surface area contributed by atoms with Gasteiger partial charge in [-0.15, -0.1) is 0 Å². The van der Waals surface area contributed by atoms with Gasteiger partial charge in [0.25, 0.3) is 0 Å². The minimum Gasteiger partial charge on any atom is -0.366 e. The van der Waals surface area contributed by atoms with Crippen LogP contribution in [0, 0.1) is 6.92 Å². The number of aryl methyl sites for hydroxylation is 2. The van der Waals surface area contributed by atoms with Crippen LogP contribution in [-0.4, -0.2) is 14.8 Å². The van der Waals surface area contributed by atoms with Crippen LogP contribution in [0.2, 0.25) is 5.15 Å². The lowest BCUT2D eigenvalue weighted by molar-refractivity contribution is -0.137. The Kier molecular flexibility index (Phi) is 3.89. The van der Waals surface area contributed by atoms with Gasteiger partial charge in [0.2, 0.25) is 0 Å². The smallest absolute Gasteiger partial charge is 0.366 e. The number of nitrogens with one attached hydrogen (secondary N) is 1. The van der Waals surface area contributed by atoms with Crippen molar-refractivity contribution in [2.75, 3.05) is 5.32 Å². The van der Waals surface area contributed by atoms with Crippen LogP contribution in [0.1, 0.15) is 16.8 Å². The number of alkyl halides is 3. The van der Waals surface area contributed by atoms with Crippen LogP contribution in [-0.2, 0) is 19.8 Å². The summed E-state index contributed by atoms with van der Waals surface area (Å²) in [6.07, 6.45) is -2.66. The average Bonchev–Trinajstić information content (AvgIpc) is 2.63. The van der Waals surface area contributed by atoms with Gasteiger partial charge >= 0.3 is 6.18 Å². The highest BCUT2D eigenvalue weighted by Crippen LogP contribution is 2.32. The second-order valence-electron chi connectivity index (χ2n) is 4.33. The Morgan fingerprint density at radius 1 is 1.35 bits per heavy atom. The van der Waals surface area contributed by atoms with E-state index in [1.807, 2.05) is 6.92 Å². The molecule has 4 nitrogen and oxygen atoms in total. The van der Waals surface area contributed by atoms with Gasteiger partial charge in [0.15, 0.2) is 0 Å². The predicted octanol–water partition coefficient (Wildman–Crippen LogP) is 3.41. The zero-order valence-corrected chi connectivity index (χ0v) is 11.5. The standard InChI is InChI=1S/C12H12ClF3N4/c1-7-8(6-20(2)19-7)5-17-11-4-9(12(14,15)16)3-10(13)18-11/h3-4,6H,5H2,1-2H3,(H,17,18). The van der Waals surface area contributed by atoms with Gasteiger partial charge in [-0.2, -0.15) is 18.3 Å². The molecule has 0 amide bonds. The molecule has 2 rings (SSSR count). The molecule has 0 bridgehead atoms. The Labute approximate surface area is 118 Å². The molecular weight excluding hydrogens is 293 g/mol. The van der Waals surface area contributed by atoms with Crippen molar-refractivity contribution in [2.24, 2.45) is 7.05 Å². The van der Waals surface area contributed by atoms with E-state index in [1.165, 1.54) is 0 Å². The fourth-order valence-electron chi connectivity index (χ4n) is 1.76. The molecule has 0 atom stereocenters. The lowest BCUT2D eigenvalue weighted by Crippen LogP contribution is -2.08. The van der Waals surface area contributed by atoms with Gasteiger partial charge in [0, 0.05) is 25.4 Å². The minimum absolute atomic E-state index is 0.0769. The van der Waals surface area contributed by atoms with Crippen molar-refractivity contribution >= 4 is 17.4 Å². The largest absolute Gasteiger partial charge is 0.416 e. The van der Waals surface area contributed by atoms with Gasteiger partial charge in [0.05, 0.1) is 11.3 Å². The fraction of sp³-hybridized carbons (Fsp3) is 0.333. The van der Waals surface area contributed by atoms with Crippen molar-refractivity contribution in [1.29, 1.82) is 0 Å². The summed E-state index contributed by atoms with van der Waals surface area (Å²) in [6, 6.07) is 1.72. The van der Waals surface area contributed by atoms with Gasteiger partial charge in [-0.3, -0.25) is 4.68 Å². The third-order valence-electron chi connectivity index (χ3n) is 2.70. The van der Waals surface area contributed by atoms with Crippen molar-refractivity contribution in [1.82, 2.24) is 14.8 Å². The highest BCUT2D eigenvalue weighted by molar-refractivity contribution is 6.29. The van der Waals surface area contributed by atoms with E-state index in [0.29, 0.717) is 6.54 Å². The maximum atomic E-state index is 12.7. The van der Waals surface area contributed by atoms with Crippen LogP contribution in [0.4, 0.5) is 19.0 Å². The number of rotatable bonds is 3. The molecule has 2 aromatic rings. The number of halogens is 4. The number of hydrogen-bond donors (Lipinski definition) is 1. The molecule has 0 unspecified atom stereocenters. The van der Waals surface area contributed by atoms with Crippen molar-refractivity contribution in [3.63, 3.8) is 0 Å². The first-order valence-electron chi connectivity index (χ1n) is 5.73. The van der Waals surface area contributed by atoms with E-state index in [4.69, 9.17) is 11.6 Å². The van der Waals surface area contributed by atoms with Crippen molar-refractivity contribution in [2.45, 2.75) is 19.6 Å². The van der Waals surface area contributed by atoms with Crippen LogP contribution in [0.3, 0.4) is 0 Å². The summed E-state index contributed by atoms with van der Waals surface area (Å²) in [5, 5.41) is 6.76. The van der Waals surface area contributed by atoms with Crippen molar-refractivity contribution in [3.8, 4) is 0 Å². The zero-order valence-electron chi connectivity index (χ0n) is 10.8. The first kappa shape index (κ1) is 14.6. The van der Waals surface area contributed by atoms with E-state index in [0.717, 1.165) is 23.4 Å². The van der Waals surface area contributed by atoms with Crippen LogP contribution in [0.25, 0.3) is 0 Å². The molecule has 0 aliphatic heterocycles. The number of hydrogen-bond acceptors (Lipinski definition) is 3. The van der Waals surface area contributed by atoms with Gasteiger partial charge in [-0.05, 0) is 19.1 Å². The third-order valence-corrected chi connectivity index (χ3v) is 2.89. The summed E-state index contributed by atoms with van der Waals surface area (Å²) in [5.74, 6) is 0.0769. The number of pyridine rings is 1. The summed E-state index contributed by atoms with van der Waals surface area (Å²) >= 11 is 5.61. The topological polar surface area (TPSA) is 42.7 Å². The fourth-order valence-corrected chi connectivity index (χ4v) is 1.97. The van der Waals surface area contributed by atoms with Crippen molar-refractivity contribution < 1.29 is 13.2 Å². The minimum atomic E-state index is -4.45. The third kappa shape index (κ3) is 3.41. The molecular formula is C12H12ClF3N4. The van der Waals surface area contributed by atoms with E-state index in [2.05, 4.69) is 15.4 Å². The summed E-state index contributed by atoms with van der Waals surface area (Å²) < 4.78 is 39.6. The second kappa shape index (κ2) is 5.32. The van der Waals surface area contributed by atoms with E-state index in [-0.39, 0.29) is 11.0 Å². The Bertz CT molecular complexity index is 622. The first-order chi connectivity index (χ1) is 9.25. The molecule has 0 fully saturated rings. The monoisotopic (exact) mass is 304 g/mol. The normalized spacial score (nSPS) is 11.7. The molecule has 1 N–H and O–H groups in total. The molecule has 0 saturated carbocycles.